The minimum Gasteiger partial charge on any atom is -0.203 e. The van der Waals surface area contributed by atoms with Crippen molar-refractivity contribution in [2.75, 3.05) is 0 Å². The van der Waals surface area contributed by atoms with Gasteiger partial charge in [0.05, 0.1) is 0 Å². The second kappa shape index (κ2) is 7.29. The number of halogens is 2. The zero-order valence-electron chi connectivity index (χ0n) is 14.2. The second-order valence-electron chi connectivity index (χ2n) is 6.92. The van der Waals surface area contributed by atoms with Crippen LogP contribution in [0.15, 0.2) is 49.1 Å². The molecule has 0 bridgehead atoms. The molecule has 2 aromatic rings. The van der Waals surface area contributed by atoms with Crippen LogP contribution in [0.3, 0.4) is 0 Å². The van der Waals surface area contributed by atoms with E-state index in [1.807, 2.05) is 18.2 Å². The van der Waals surface area contributed by atoms with E-state index in [1.54, 1.807) is 19.1 Å². The van der Waals surface area contributed by atoms with Crippen molar-refractivity contribution in [2.45, 2.75) is 44.9 Å². The van der Waals surface area contributed by atoms with E-state index < -0.39 is 11.6 Å². The van der Waals surface area contributed by atoms with Gasteiger partial charge in [0.2, 0.25) is 0 Å². The predicted octanol–water partition coefficient (Wildman–Crippen LogP) is 6.79. The molecule has 0 saturated heterocycles. The van der Waals surface area contributed by atoms with Gasteiger partial charge in [-0.2, -0.15) is 0 Å². The van der Waals surface area contributed by atoms with Crippen LogP contribution in [0.4, 0.5) is 8.78 Å². The van der Waals surface area contributed by atoms with Crippen LogP contribution in [-0.2, 0) is 0 Å². The first-order chi connectivity index (χ1) is 11.6. The topological polar surface area (TPSA) is 0 Å². The van der Waals surface area contributed by atoms with E-state index in [2.05, 4.69) is 18.7 Å². The van der Waals surface area contributed by atoms with E-state index in [9.17, 15) is 8.78 Å². The van der Waals surface area contributed by atoms with E-state index >= 15 is 0 Å². The maximum Gasteiger partial charge on any atom is 0.166 e. The van der Waals surface area contributed by atoms with Crippen LogP contribution >= 0.6 is 0 Å². The Labute approximate surface area is 143 Å². The van der Waals surface area contributed by atoms with Gasteiger partial charge in [0.15, 0.2) is 11.6 Å². The van der Waals surface area contributed by atoms with E-state index in [0.717, 1.165) is 17.9 Å². The lowest BCUT2D eigenvalue weighted by molar-refractivity contribution is 0.328. The molecular weight excluding hydrogens is 302 g/mol. The van der Waals surface area contributed by atoms with E-state index in [-0.39, 0.29) is 0 Å². The highest BCUT2D eigenvalue weighted by Gasteiger charge is 2.21. The maximum absolute atomic E-state index is 14.1. The summed E-state index contributed by atoms with van der Waals surface area (Å²) >= 11 is 0. The Morgan fingerprint density at radius 1 is 0.958 bits per heavy atom. The predicted molar refractivity (Wildman–Crippen MR) is 96.0 cm³/mol. The molecular formula is C22H24F2. The van der Waals surface area contributed by atoms with Crippen LogP contribution < -0.4 is 0 Å². The molecule has 126 valence electrons. The molecule has 0 aromatic heterocycles. The summed E-state index contributed by atoms with van der Waals surface area (Å²) in [5, 5.41) is 0. The molecule has 0 heterocycles. The Hall–Kier alpha value is -1.96. The van der Waals surface area contributed by atoms with E-state index in [4.69, 9.17) is 0 Å². The summed E-state index contributed by atoms with van der Waals surface area (Å²) in [6, 6.07) is 11.3. The number of benzene rings is 2. The van der Waals surface area contributed by atoms with Crippen molar-refractivity contribution >= 4 is 0 Å². The van der Waals surface area contributed by atoms with Gasteiger partial charge in [-0.05, 0) is 67.6 Å². The van der Waals surface area contributed by atoms with Gasteiger partial charge in [0, 0.05) is 5.56 Å². The van der Waals surface area contributed by atoms with Crippen molar-refractivity contribution in [3.63, 3.8) is 0 Å². The number of allylic oxidation sites excluding steroid dienone is 1. The second-order valence-corrected chi connectivity index (χ2v) is 6.92. The highest BCUT2D eigenvalue weighted by atomic mass is 19.2. The van der Waals surface area contributed by atoms with Crippen LogP contribution in [0.1, 0.15) is 49.1 Å². The van der Waals surface area contributed by atoms with Crippen molar-refractivity contribution in [1.82, 2.24) is 0 Å². The molecule has 0 aliphatic heterocycles. The average molecular weight is 326 g/mol. The SMILES string of the molecule is C=CCC1CCC(c2ccc(-c3ccc(C)c(F)c3F)cc2)CC1. The van der Waals surface area contributed by atoms with Gasteiger partial charge in [-0.3, -0.25) is 0 Å². The van der Waals surface area contributed by atoms with Gasteiger partial charge in [0.25, 0.3) is 0 Å². The third-order valence-corrected chi connectivity index (χ3v) is 5.32. The Morgan fingerprint density at radius 3 is 2.25 bits per heavy atom. The van der Waals surface area contributed by atoms with E-state index in [1.165, 1.54) is 31.2 Å². The summed E-state index contributed by atoms with van der Waals surface area (Å²) in [5.74, 6) is -0.146. The minimum absolute atomic E-state index is 0.333. The fraction of sp³-hybridized carbons (Fsp3) is 0.364. The van der Waals surface area contributed by atoms with Gasteiger partial charge in [-0.1, -0.05) is 42.5 Å². The number of aryl methyl sites for hydroxylation is 1. The van der Waals surface area contributed by atoms with Crippen molar-refractivity contribution < 1.29 is 8.78 Å². The number of hydrogen-bond acceptors (Lipinski definition) is 0. The monoisotopic (exact) mass is 326 g/mol. The highest BCUT2D eigenvalue weighted by Crippen LogP contribution is 2.38. The fourth-order valence-electron chi connectivity index (χ4n) is 3.77. The lowest BCUT2D eigenvalue weighted by atomic mass is 9.77. The lowest BCUT2D eigenvalue weighted by Gasteiger charge is -2.28. The Morgan fingerprint density at radius 2 is 1.62 bits per heavy atom. The molecule has 0 amide bonds. The Bertz CT molecular complexity index is 707. The molecule has 0 atom stereocenters. The summed E-state index contributed by atoms with van der Waals surface area (Å²) in [4.78, 5) is 0. The van der Waals surface area contributed by atoms with Crippen LogP contribution in [0.2, 0.25) is 0 Å². The van der Waals surface area contributed by atoms with Crippen LogP contribution in [0.5, 0.6) is 0 Å². The standard InChI is InChI=1S/C22H24F2/c1-3-4-16-6-8-17(9-7-16)18-10-12-19(13-11-18)20-14-5-15(2)21(23)22(20)24/h3,5,10-14,16-17H,1,4,6-9H2,2H3. The van der Waals surface area contributed by atoms with Crippen molar-refractivity contribution in [3.05, 3.63) is 71.8 Å². The van der Waals surface area contributed by atoms with Gasteiger partial charge in [-0.25, -0.2) is 8.78 Å². The largest absolute Gasteiger partial charge is 0.203 e. The molecule has 1 saturated carbocycles. The van der Waals surface area contributed by atoms with Crippen LogP contribution in [0.25, 0.3) is 11.1 Å². The van der Waals surface area contributed by atoms with Gasteiger partial charge < -0.3 is 0 Å². The zero-order valence-corrected chi connectivity index (χ0v) is 14.2. The summed E-state index contributed by atoms with van der Waals surface area (Å²) in [5.41, 5.74) is 2.71. The van der Waals surface area contributed by atoms with Crippen LogP contribution in [-0.4, -0.2) is 0 Å². The average Bonchev–Trinajstić information content (AvgIpc) is 2.61. The third-order valence-electron chi connectivity index (χ3n) is 5.32. The quantitative estimate of drug-likeness (QED) is 0.543. The van der Waals surface area contributed by atoms with Crippen molar-refractivity contribution in [2.24, 2.45) is 5.92 Å². The molecule has 0 nitrogen and oxygen atoms in total. The molecule has 0 spiro atoms. The minimum atomic E-state index is -0.757. The van der Waals surface area contributed by atoms with Gasteiger partial charge in [0.1, 0.15) is 0 Å². The molecule has 2 heteroatoms. The molecule has 1 fully saturated rings. The van der Waals surface area contributed by atoms with Gasteiger partial charge in [-0.15, -0.1) is 6.58 Å². The summed E-state index contributed by atoms with van der Waals surface area (Å²) < 4.78 is 27.9. The number of rotatable bonds is 4. The molecule has 2 aromatic carbocycles. The normalized spacial score (nSPS) is 20.8. The van der Waals surface area contributed by atoms with E-state index in [0.29, 0.717) is 17.0 Å². The van der Waals surface area contributed by atoms with Crippen molar-refractivity contribution in [1.29, 1.82) is 0 Å². The molecule has 0 unspecified atom stereocenters. The summed E-state index contributed by atoms with van der Waals surface area (Å²) in [6.45, 7) is 5.41. The van der Waals surface area contributed by atoms with Gasteiger partial charge >= 0.3 is 0 Å². The lowest BCUT2D eigenvalue weighted by Crippen LogP contribution is -2.12. The molecule has 0 N–H and O–H groups in total. The Balaban J connectivity index is 1.75. The number of hydrogen-bond donors (Lipinski definition) is 0. The maximum atomic E-state index is 14.1. The highest BCUT2D eigenvalue weighted by molar-refractivity contribution is 5.65. The molecule has 1 aliphatic rings. The smallest absolute Gasteiger partial charge is 0.166 e. The third kappa shape index (κ3) is 3.43. The first-order valence-corrected chi connectivity index (χ1v) is 8.76. The molecule has 24 heavy (non-hydrogen) atoms. The first kappa shape index (κ1) is 16.9. The molecule has 0 radical (unpaired) electrons. The summed E-state index contributed by atoms with van der Waals surface area (Å²) in [7, 11) is 0. The van der Waals surface area contributed by atoms with Crippen LogP contribution in [0, 0.1) is 24.5 Å². The molecule has 3 rings (SSSR count). The Kier molecular flexibility index (Phi) is 5.13. The zero-order chi connectivity index (χ0) is 17.1. The fourth-order valence-corrected chi connectivity index (χ4v) is 3.77. The van der Waals surface area contributed by atoms with Crippen molar-refractivity contribution in [3.8, 4) is 11.1 Å². The molecule has 1 aliphatic carbocycles. The summed E-state index contributed by atoms with van der Waals surface area (Å²) in [6.07, 6.45) is 8.03. The first-order valence-electron chi connectivity index (χ1n) is 8.76.